The predicted molar refractivity (Wildman–Crippen MR) is 98.4 cm³/mol. The molecule has 0 saturated carbocycles. The van der Waals surface area contributed by atoms with Gasteiger partial charge in [-0.3, -0.25) is 0 Å². The topological polar surface area (TPSA) is 35.2 Å². The van der Waals surface area contributed by atoms with Crippen molar-refractivity contribution in [2.45, 2.75) is 9.79 Å². The molecular formula is C19H16ClNOS. The fourth-order valence-corrected chi connectivity index (χ4v) is 3.35. The second kappa shape index (κ2) is 6.99. The van der Waals surface area contributed by atoms with Crippen LogP contribution in [0.15, 0.2) is 76.5 Å². The van der Waals surface area contributed by atoms with E-state index in [2.05, 4.69) is 6.07 Å². The third kappa shape index (κ3) is 3.81. The Kier molecular flexibility index (Phi) is 4.79. The number of hydrogen-bond acceptors (Lipinski definition) is 3. The number of hydrogen-bond donors (Lipinski definition) is 1. The summed E-state index contributed by atoms with van der Waals surface area (Å²) >= 11 is 7.80. The molecule has 0 heterocycles. The first kappa shape index (κ1) is 15.8. The Hall–Kier alpha value is -2.10. The summed E-state index contributed by atoms with van der Waals surface area (Å²) in [5, 5.41) is 0.709. The average Bonchev–Trinajstić information content (AvgIpc) is 2.57. The Morgan fingerprint density at radius 2 is 1.65 bits per heavy atom. The lowest BCUT2D eigenvalue weighted by atomic mass is 10.0. The van der Waals surface area contributed by atoms with Crippen LogP contribution in [0.4, 0.5) is 5.69 Å². The van der Waals surface area contributed by atoms with E-state index in [0.29, 0.717) is 5.02 Å². The third-order valence-corrected chi connectivity index (χ3v) is 4.65. The van der Waals surface area contributed by atoms with E-state index in [4.69, 9.17) is 22.1 Å². The van der Waals surface area contributed by atoms with E-state index < -0.39 is 0 Å². The van der Waals surface area contributed by atoms with Crippen LogP contribution in [0.1, 0.15) is 0 Å². The van der Waals surface area contributed by atoms with Crippen molar-refractivity contribution < 1.29 is 4.74 Å². The van der Waals surface area contributed by atoms with Crippen molar-refractivity contribution in [3.8, 4) is 16.9 Å². The molecule has 3 rings (SSSR count). The van der Waals surface area contributed by atoms with E-state index in [1.807, 2.05) is 60.7 Å². The summed E-state index contributed by atoms with van der Waals surface area (Å²) in [6.45, 7) is 0. The van der Waals surface area contributed by atoms with Crippen molar-refractivity contribution in [3.05, 3.63) is 71.8 Å². The average molecular weight is 342 g/mol. The van der Waals surface area contributed by atoms with E-state index in [1.54, 1.807) is 18.9 Å². The largest absolute Gasteiger partial charge is 0.496 e. The summed E-state index contributed by atoms with van der Waals surface area (Å²) in [4.78, 5) is 2.27. The van der Waals surface area contributed by atoms with Gasteiger partial charge in [-0.05, 0) is 60.2 Å². The molecule has 116 valence electrons. The molecule has 0 radical (unpaired) electrons. The minimum atomic E-state index is 0.709. The molecule has 3 aromatic carbocycles. The molecule has 2 N–H and O–H groups in total. The molecule has 2 nitrogen and oxygen atoms in total. The number of nitrogens with two attached hydrogens (primary N) is 1. The van der Waals surface area contributed by atoms with Crippen LogP contribution in [0.3, 0.4) is 0 Å². The lowest BCUT2D eigenvalue weighted by molar-refractivity contribution is 0.416. The summed E-state index contributed by atoms with van der Waals surface area (Å²) in [6, 6.07) is 21.8. The highest BCUT2D eigenvalue weighted by molar-refractivity contribution is 7.99. The minimum Gasteiger partial charge on any atom is -0.496 e. The molecule has 0 fully saturated rings. The van der Waals surface area contributed by atoms with Crippen LogP contribution in [0.5, 0.6) is 5.75 Å². The van der Waals surface area contributed by atoms with Gasteiger partial charge in [-0.25, -0.2) is 0 Å². The predicted octanol–water partition coefficient (Wildman–Crippen LogP) is 5.75. The van der Waals surface area contributed by atoms with Gasteiger partial charge in [0.2, 0.25) is 0 Å². The number of methoxy groups -OCH3 is 1. The van der Waals surface area contributed by atoms with E-state index in [0.717, 1.165) is 32.4 Å². The second-order valence-corrected chi connectivity index (χ2v) is 6.63. The van der Waals surface area contributed by atoms with Gasteiger partial charge in [0.05, 0.1) is 7.11 Å². The molecule has 0 aliphatic rings. The van der Waals surface area contributed by atoms with Crippen LogP contribution in [0.25, 0.3) is 11.1 Å². The van der Waals surface area contributed by atoms with Gasteiger partial charge < -0.3 is 10.5 Å². The Bertz CT molecular complexity index is 818. The van der Waals surface area contributed by atoms with Gasteiger partial charge in [0.25, 0.3) is 0 Å². The molecule has 23 heavy (non-hydrogen) atoms. The lowest BCUT2D eigenvalue weighted by Crippen LogP contribution is -1.89. The number of rotatable bonds is 4. The Labute approximate surface area is 145 Å². The van der Waals surface area contributed by atoms with Crippen molar-refractivity contribution in [1.82, 2.24) is 0 Å². The number of halogens is 1. The van der Waals surface area contributed by atoms with Gasteiger partial charge in [0.1, 0.15) is 5.75 Å². The van der Waals surface area contributed by atoms with Crippen molar-refractivity contribution in [2.24, 2.45) is 0 Å². The summed E-state index contributed by atoms with van der Waals surface area (Å²) < 4.78 is 5.49. The first-order chi connectivity index (χ1) is 11.2. The van der Waals surface area contributed by atoms with E-state index in [1.165, 1.54) is 0 Å². The quantitative estimate of drug-likeness (QED) is 0.614. The maximum Gasteiger partial charge on any atom is 0.126 e. The lowest BCUT2D eigenvalue weighted by Gasteiger charge is -2.11. The summed E-state index contributed by atoms with van der Waals surface area (Å²) in [5.41, 5.74) is 8.56. The number of benzene rings is 3. The molecule has 0 amide bonds. The molecule has 3 aromatic rings. The van der Waals surface area contributed by atoms with Crippen LogP contribution >= 0.6 is 23.4 Å². The monoisotopic (exact) mass is 341 g/mol. The zero-order valence-corrected chi connectivity index (χ0v) is 14.2. The summed E-state index contributed by atoms with van der Waals surface area (Å²) in [5.74, 6) is 0.828. The fraction of sp³-hybridized carbons (Fsp3) is 0.0526. The van der Waals surface area contributed by atoms with Crippen molar-refractivity contribution in [2.75, 3.05) is 12.8 Å². The van der Waals surface area contributed by atoms with Crippen LogP contribution in [-0.2, 0) is 0 Å². The second-order valence-electron chi connectivity index (χ2n) is 5.04. The third-order valence-electron chi connectivity index (χ3n) is 3.42. The Morgan fingerprint density at radius 1 is 0.913 bits per heavy atom. The molecule has 0 aromatic heterocycles. The molecule has 0 atom stereocenters. The van der Waals surface area contributed by atoms with Gasteiger partial charge in [-0.2, -0.15) is 0 Å². The minimum absolute atomic E-state index is 0.709. The Balaban J connectivity index is 1.97. The highest BCUT2D eigenvalue weighted by Gasteiger charge is 2.08. The first-order valence-corrected chi connectivity index (χ1v) is 8.32. The zero-order chi connectivity index (χ0) is 16.2. The zero-order valence-electron chi connectivity index (χ0n) is 12.6. The van der Waals surface area contributed by atoms with Gasteiger partial charge in [0, 0.05) is 26.1 Å². The molecule has 0 bridgehead atoms. The van der Waals surface area contributed by atoms with Gasteiger partial charge in [-0.1, -0.05) is 35.5 Å². The normalized spacial score (nSPS) is 10.5. The van der Waals surface area contributed by atoms with Crippen molar-refractivity contribution >= 4 is 29.1 Å². The number of anilines is 1. The van der Waals surface area contributed by atoms with Crippen molar-refractivity contribution in [1.29, 1.82) is 0 Å². The highest BCUT2D eigenvalue weighted by Crippen LogP contribution is 2.37. The van der Waals surface area contributed by atoms with Gasteiger partial charge in [-0.15, -0.1) is 0 Å². The molecule has 0 spiro atoms. The van der Waals surface area contributed by atoms with Gasteiger partial charge >= 0.3 is 0 Å². The number of ether oxygens (including phenoxy) is 1. The van der Waals surface area contributed by atoms with Crippen LogP contribution in [0.2, 0.25) is 5.02 Å². The summed E-state index contributed by atoms with van der Waals surface area (Å²) in [7, 11) is 1.68. The molecule has 0 unspecified atom stereocenters. The SMILES string of the molecule is COc1ccc(Sc2ccc(N)cc2)cc1-c1cccc(Cl)c1. The molecule has 0 aliphatic heterocycles. The van der Waals surface area contributed by atoms with E-state index in [9.17, 15) is 0 Å². The van der Waals surface area contributed by atoms with Crippen LogP contribution in [-0.4, -0.2) is 7.11 Å². The maximum atomic E-state index is 6.12. The fourth-order valence-electron chi connectivity index (χ4n) is 2.30. The number of nitrogen functional groups attached to an aromatic ring is 1. The highest BCUT2D eigenvalue weighted by atomic mass is 35.5. The van der Waals surface area contributed by atoms with Gasteiger partial charge in [0.15, 0.2) is 0 Å². The Morgan fingerprint density at radius 3 is 2.35 bits per heavy atom. The smallest absolute Gasteiger partial charge is 0.126 e. The van der Waals surface area contributed by atoms with Crippen molar-refractivity contribution in [3.63, 3.8) is 0 Å². The molecule has 0 aliphatic carbocycles. The molecule has 4 heteroatoms. The standard InChI is InChI=1S/C19H16ClNOS/c1-22-19-10-9-17(23-16-7-5-15(21)6-8-16)12-18(19)13-3-2-4-14(20)11-13/h2-12H,21H2,1H3. The summed E-state index contributed by atoms with van der Waals surface area (Å²) in [6.07, 6.45) is 0. The van der Waals surface area contributed by atoms with Crippen LogP contribution in [0, 0.1) is 0 Å². The maximum absolute atomic E-state index is 6.12. The van der Waals surface area contributed by atoms with E-state index >= 15 is 0 Å². The molecule has 0 saturated heterocycles. The first-order valence-electron chi connectivity index (χ1n) is 7.13. The van der Waals surface area contributed by atoms with Crippen LogP contribution < -0.4 is 10.5 Å². The van der Waals surface area contributed by atoms with E-state index in [-0.39, 0.29) is 0 Å². The molecular weight excluding hydrogens is 326 g/mol.